The quantitative estimate of drug-likeness (QED) is 0.0385. The second-order valence-electron chi connectivity index (χ2n) is 14.7. The average molecular weight is 823 g/mol. The number of benzene rings is 2. The summed E-state index contributed by atoms with van der Waals surface area (Å²) in [5.41, 5.74) is 2.60. The predicted octanol–water partition coefficient (Wildman–Crippen LogP) is 7.14. The lowest BCUT2D eigenvalue weighted by atomic mass is 9.55. The molecule has 0 spiro atoms. The molecular formula is C45H62N2O10S. The molecule has 2 aromatic carbocycles. The van der Waals surface area contributed by atoms with E-state index >= 15 is 0 Å². The van der Waals surface area contributed by atoms with E-state index in [4.69, 9.17) is 28.5 Å². The van der Waals surface area contributed by atoms with Gasteiger partial charge in [-0.2, -0.15) is 0 Å². The van der Waals surface area contributed by atoms with Crippen molar-refractivity contribution < 1.29 is 48.6 Å². The van der Waals surface area contributed by atoms with Crippen molar-refractivity contribution in [2.45, 2.75) is 74.0 Å². The maximum absolute atomic E-state index is 14.2. The summed E-state index contributed by atoms with van der Waals surface area (Å²) < 4.78 is 32.2. The smallest absolute Gasteiger partial charge is 0.410 e. The number of carbonyl (C=O) groups is 1. The number of aliphatic hydroxyl groups excluding tert-OH is 3. The maximum atomic E-state index is 14.2. The number of fused-ring (bicyclic) bond motifs is 2. The largest absolute Gasteiger partial charge is 0.493 e. The molecule has 13 heteroatoms. The van der Waals surface area contributed by atoms with Crippen molar-refractivity contribution in [3.63, 3.8) is 0 Å². The van der Waals surface area contributed by atoms with E-state index in [-0.39, 0.29) is 77.0 Å². The number of aliphatic hydroxyl groups is 3. The third-order valence-corrected chi connectivity index (χ3v) is 12.1. The van der Waals surface area contributed by atoms with Gasteiger partial charge in [0.05, 0.1) is 51.3 Å². The Labute approximate surface area is 347 Å². The molecular weight excluding hydrogens is 761 g/mol. The Morgan fingerprint density at radius 2 is 1.78 bits per heavy atom. The van der Waals surface area contributed by atoms with Gasteiger partial charge in [0.1, 0.15) is 24.7 Å². The highest BCUT2D eigenvalue weighted by atomic mass is 32.2. The van der Waals surface area contributed by atoms with Crippen LogP contribution in [0.4, 0.5) is 4.79 Å². The number of hydrogen-bond acceptors (Lipinski definition) is 12. The van der Waals surface area contributed by atoms with Gasteiger partial charge in [0.15, 0.2) is 0 Å². The third kappa shape index (κ3) is 11.2. The number of nitrogens with zero attached hydrogens (tertiary/aromatic N) is 2. The zero-order chi connectivity index (χ0) is 41.2. The van der Waals surface area contributed by atoms with Gasteiger partial charge in [-0.05, 0) is 79.8 Å². The summed E-state index contributed by atoms with van der Waals surface area (Å²) in [6.45, 7) is 8.97. The van der Waals surface area contributed by atoms with Crippen molar-refractivity contribution in [1.82, 2.24) is 4.90 Å². The lowest BCUT2D eigenvalue weighted by molar-refractivity contribution is -0.256. The molecule has 0 saturated heterocycles. The Hall–Kier alpha value is -3.85. The molecule has 0 radical (unpaired) electrons. The summed E-state index contributed by atoms with van der Waals surface area (Å²) in [5, 5.41) is 33.8. The molecule has 1 heterocycles. The van der Waals surface area contributed by atoms with Gasteiger partial charge in [-0.3, -0.25) is 4.90 Å². The molecule has 1 amide bonds. The molecule has 2 aromatic rings. The van der Waals surface area contributed by atoms with Crippen LogP contribution in [0.2, 0.25) is 0 Å². The zero-order valence-corrected chi connectivity index (χ0v) is 34.7. The summed E-state index contributed by atoms with van der Waals surface area (Å²) >= 11 is 1.74. The van der Waals surface area contributed by atoms with Gasteiger partial charge in [-0.15, -0.1) is 24.9 Å². The standard InChI is InChI=1S/C45H62N2O10S/c1-4-6-25-55-44(51)47(20-26-53-27-23-50)41-32-39(46-52-3)37-30-33(14-10-12-21-48)36(17-11-13-22-49)42-38-31-34(54-28-29-58-35-15-8-7-9-16-35)18-19-40(38)57-45(41,43(37)42)56-24-5-2/h4-5,7-9,15-16,18-19,30-31,33,36,41-43,48-50H,1-2,6,10-14,17,20-29,32H2,3H3. The molecule has 1 saturated carbocycles. The molecule has 2 aliphatic carbocycles. The lowest BCUT2D eigenvalue weighted by Crippen LogP contribution is -2.70. The van der Waals surface area contributed by atoms with E-state index in [9.17, 15) is 20.1 Å². The topological polar surface area (TPSA) is 149 Å². The Morgan fingerprint density at radius 3 is 2.50 bits per heavy atom. The Kier molecular flexibility index (Phi) is 18.5. The monoisotopic (exact) mass is 822 g/mol. The molecule has 6 unspecified atom stereocenters. The van der Waals surface area contributed by atoms with E-state index in [0.717, 1.165) is 48.3 Å². The van der Waals surface area contributed by atoms with Gasteiger partial charge < -0.3 is 43.8 Å². The number of ether oxygens (including phenoxy) is 5. The van der Waals surface area contributed by atoms with Crippen molar-refractivity contribution >= 4 is 23.6 Å². The van der Waals surface area contributed by atoms with Crippen LogP contribution in [0.1, 0.15) is 62.8 Å². The maximum Gasteiger partial charge on any atom is 0.410 e. The number of oxime groups is 1. The molecule has 1 fully saturated rings. The molecule has 1 aliphatic heterocycles. The number of unbranched alkanes of at least 4 members (excludes halogenated alkanes) is 2. The molecule has 5 rings (SSSR count). The van der Waals surface area contributed by atoms with Crippen molar-refractivity contribution in [2.24, 2.45) is 22.9 Å². The van der Waals surface area contributed by atoms with Crippen LogP contribution in [0, 0.1) is 17.8 Å². The minimum atomic E-state index is -1.43. The summed E-state index contributed by atoms with van der Waals surface area (Å²) in [7, 11) is 1.52. The first-order valence-corrected chi connectivity index (χ1v) is 21.6. The summed E-state index contributed by atoms with van der Waals surface area (Å²) in [4.78, 5) is 22.5. The van der Waals surface area contributed by atoms with E-state index in [1.54, 1.807) is 28.8 Å². The van der Waals surface area contributed by atoms with Crippen molar-refractivity contribution in [1.29, 1.82) is 0 Å². The van der Waals surface area contributed by atoms with Crippen molar-refractivity contribution in [3.05, 3.63) is 91.1 Å². The molecule has 0 bridgehead atoms. The normalized spacial score (nSPS) is 23.8. The molecule has 318 valence electrons. The van der Waals surface area contributed by atoms with E-state index in [0.29, 0.717) is 37.3 Å². The van der Waals surface area contributed by atoms with Crippen LogP contribution >= 0.6 is 11.8 Å². The highest BCUT2D eigenvalue weighted by Gasteiger charge is 2.65. The average Bonchev–Trinajstić information content (AvgIpc) is 3.24. The number of thioether (sulfide) groups is 1. The van der Waals surface area contributed by atoms with Gasteiger partial charge in [0, 0.05) is 48.3 Å². The SMILES string of the molecule is C=CCCOC(=O)N(CCOCCO)C1CC(=NOC)C2=CC(CCCCO)C(CCCCO)C3c4cc(OCCSc5ccccc5)ccc4OC1(OCC=C)C23. The number of hydrogen-bond donors (Lipinski definition) is 3. The van der Waals surface area contributed by atoms with E-state index in [1.807, 2.05) is 30.3 Å². The van der Waals surface area contributed by atoms with Gasteiger partial charge in [-0.25, -0.2) is 4.79 Å². The fourth-order valence-electron chi connectivity index (χ4n) is 8.70. The predicted molar refractivity (Wildman–Crippen MR) is 225 cm³/mol. The molecule has 3 N–H and O–H groups in total. The molecule has 0 aromatic heterocycles. The van der Waals surface area contributed by atoms with E-state index < -0.39 is 23.8 Å². The minimum absolute atomic E-state index is 0.0701. The van der Waals surface area contributed by atoms with Crippen LogP contribution in [-0.2, 0) is 19.0 Å². The first kappa shape index (κ1) is 45.2. The highest BCUT2D eigenvalue weighted by Crippen LogP contribution is 2.62. The van der Waals surface area contributed by atoms with Crippen LogP contribution in [0.15, 0.2) is 95.5 Å². The lowest BCUT2D eigenvalue weighted by Gasteiger charge is -2.59. The van der Waals surface area contributed by atoms with Crippen molar-refractivity contribution in [2.75, 3.05) is 72.3 Å². The van der Waals surface area contributed by atoms with Crippen LogP contribution in [0.25, 0.3) is 0 Å². The summed E-state index contributed by atoms with van der Waals surface area (Å²) in [5.74, 6) is 0.206. The fourth-order valence-corrected chi connectivity index (χ4v) is 9.45. The van der Waals surface area contributed by atoms with Crippen LogP contribution in [0.5, 0.6) is 11.5 Å². The number of rotatable bonds is 26. The van der Waals surface area contributed by atoms with Gasteiger partial charge >= 0.3 is 6.09 Å². The van der Waals surface area contributed by atoms with Crippen molar-refractivity contribution in [3.8, 4) is 11.5 Å². The molecule has 3 aliphatic rings. The summed E-state index contributed by atoms with van der Waals surface area (Å²) in [6.07, 6.45) is 10.5. The first-order valence-electron chi connectivity index (χ1n) is 20.6. The first-order chi connectivity index (χ1) is 28.5. The van der Waals surface area contributed by atoms with Gasteiger partial charge in [-0.1, -0.05) is 54.4 Å². The highest BCUT2D eigenvalue weighted by molar-refractivity contribution is 7.99. The number of carbonyl (C=O) groups excluding carboxylic acids is 1. The van der Waals surface area contributed by atoms with Crippen LogP contribution in [0.3, 0.4) is 0 Å². The molecule has 58 heavy (non-hydrogen) atoms. The number of amides is 1. The number of allylic oxidation sites excluding steroid dienone is 1. The minimum Gasteiger partial charge on any atom is -0.493 e. The third-order valence-electron chi connectivity index (χ3n) is 11.1. The summed E-state index contributed by atoms with van der Waals surface area (Å²) in [6, 6.07) is 15.4. The van der Waals surface area contributed by atoms with Crippen LogP contribution < -0.4 is 9.47 Å². The van der Waals surface area contributed by atoms with Gasteiger partial charge in [0.25, 0.3) is 0 Å². The van der Waals surface area contributed by atoms with Gasteiger partial charge in [0.2, 0.25) is 5.79 Å². The second-order valence-corrected chi connectivity index (χ2v) is 15.9. The molecule has 6 atom stereocenters. The molecule has 12 nitrogen and oxygen atoms in total. The van der Waals surface area contributed by atoms with Crippen LogP contribution in [-0.4, -0.2) is 116 Å². The Balaban J connectivity index is 1.66. The fraction of sp³-hybridized carbons (Fsp3) is 0.556. The second kappa shape index (κ2) is 23.7. The van der Waals surface area contributed by atoms with E-state index in [1.165, 1.54) is 12.0 Å². The Bertz CT molecular complexity index is 1660. The Morgan fingerprint density at radius 1 is 0.983 bits per heavy atom. The van der Waals surface area contributed by atoms with E-state index in [2.05, 4.69) is 42.6 Å². The zero-order valence-electron chi connectivity index (χ0n) is 33.9.